The Morgan fingerprint density at radius 2 is 1.91 bits per heavy atom. The van der Waals surface area contributed by atoms with E-state index in [0.717, 1.165) is 12.1 Å². The highest BCUT2D eigenvalue weighted by atomic mass is 19.1. The van der Waals surface area contributed by atoms with Crippen LogP contribution in [0.3, 0.4) is 0 Å². The molecule has 0 spiro atoms. The van der Waals surface area contributed by atoms with Crippen LogP contribution in [0.2, 0.25) is 0 Å². The molecular weight excluding hydrogens is 290 g/mol. The molecule has 3 aromatic rings. The van der Waals surface area contributed by atoms with Gasteiger partial charge < -0.3 is 10.7 Å². The molecule has 2 aromatic carbocycles. The van der Waals surface area contributed by atoms with E-state index in [1.807, 2.05) is 0 Å². The van der Waals surface area contributed by atoms with E-state index >= 15 is 0 Å². The first-order valence-corrected chi connectivity index (χ1v) is 6.37. The van der Waals surface area contributed by atoms with Gasteiger partial charge in [-0.05, 0) is 23.8 Å². The number of carbonyl (C=O) groups is 2. The van der Waals surface area contributed by atoms with Crippen LogP contribution >= 0.6 is 0 Å². The van der Waals surface area contributed by atoms with Gasteiger partial charge in [0.1, 0.15) is 17.9 Å². The SMILES string of the molecule is NC(=O)c1c[nH]c2c(F)cc(-c3ccc(C=O)cc3F)cc12. The molecule has 0 bridgehead atoms. The maximum absolute atomic E-state index is 14.1. The van der Waals surface area contributed by atoms with Crippen LogP contribution in [-0.2, 0) is 0 Å². The number of primary amides is 1. The minimum Gasteiger partial charge on any atom is -0.366 e. The summed E-state index contributed by atoms with van der Waals surface area (Å²) in [6, 6.07) is 6.52. The van der Waals surface area contributed by atoms with Gasteiger partial charge >= 0.3 is 0 Å². The Hall–Kier alpha value is -3.02. The van der Waals surface area contributed by atoms with Gasteiger partial charge in [-0.25, -0.2) is 8.78 Å². The van der Waals surface area contributed by atoms with Gasteiger partial charge in [-0.15, -0.1) is 0 Å². The number of aldehydes is 1. The first kappa shape index (κ1) is 13.9. The van der Waals surface area contributed by atoms with Gasteiger partial charge in [-0.1, -0.05) is 12.1 Å². The van der Waals surface area contributed by atoms with Crippen LogP contribution in [0, 0.1) is 11.6 Å². The predicted octanol–water partition coefficient (Wildman–Crippen LogP) is 3.02. The summed E-state index contributed by atoms with van der Waals surface area (Å²) in [6.07, 6.45) is 1.83. The molecule has 6 heteroatoms. The third kappa shape index (κ3) is 2.14. The maximum atomic E-state index is 14.1. The molecule has 3 rings (SSSR count). The van der Waals surface area contributed by atoms with E-state index in [1.54, 1.807) is 0 Å². The van der Waals surface area contributed by atoms with Gasteiger partial charge in [-0.2, -0.15) is 0 Å². The zero-order chi connectivity index (χ0) is 15.9. The van der Waals surface area contributed by atoms with Crippen LogP contribution in [-0.4, -0.2) is 17.2 Å². The second-order valence-corrected chi connectivity index (χ2v) is 4.80. The molecule has 0 saturated heterocycles. The minimum atomic E-state index is -0.709. The highest BCUT2D eigenvalue weighted by Gasteiger charge is 2.15. The number of aromatic nitrogens is 1. The molecule has 0 radical (unpaired) electrons. The first-order valence-electron chi connectivity index (χ1n) is 6.37. The minimum absolute atomic E-state index is 0.126. The molecule has 1 amide bonds. The number of rotatable bonds is 3. The average molecular weight is 300 g/mol. The summed E-state index contributed by atoms with van der Waals surface area (Å²) in [6.45, 7) is 0. The summed E-state index contributed by atoms with van der Waals surface area (Å²) in [5.74, 6) is -1.99. The van der Waals surface area contributed by atoms with E-state index in [9.17, 15) is 18.4 Å². The number of carbonyl (C=O) groups excluding carboxylic acids is 2. The van der Waals surface area contributed by atoms with Crippen molar-refractivity contribution >= 4 is 23.1 Å². The summed E-state index contributed by atoms with van der Waals surface area (Å²) in [5, 5.41) is 0.279. The lowest BCUT2D eigenvalue weighted by Gasteiger charge is -2.06. The average Bonchev–Trinajstić information content (AvgIpc) is 2.91. The number of fused-ring (bicyclic) bond motifs is 1. The smallest absolute Gasteiger partial charge is 0.250 e. The second kappa shape index (κ2) is 5.07. The number of amides is 1. The van der Waals surface area contributed by atoms with Crippen molar-refractivity contribution in [3.8, 4) is 11.1 Å². The molecule has 0 atom stereocenters. The largest absolute Gasteiger partial charge is 0.366 e. The number of nitrogens with two attached hydrogens (primary N) is 1. The summed E-state index contributed by atoms with van der Waals surface area (Å²) in [4.78, 5) is 24.6. The third-order valence-corrected chi connectivity index (χ3v) is 3.45. The highest BCUT2D eigenvalue weighted by molar-refractivity contribution is 6.07. The van der Waals surface area contributed by atoms with Gasteiger partial charge in [0.05, 0.1) is 11.1 Å². The lowest BCUT2D eigenvalue weighted by Crippen LogP contribution is -2.09. The number of benzene rings is 2. The van der Waals surface area contributed by atoms with Crippen LogP contribution in [0.15, 0.2) is 36.5 Å². The fourth-order valence-corrected chi connectivity index (χ4v) is 2.39. The van der Waals surface area contributed by atoms with E-state index in [2.05, 4.69) is 4.98 Å². The van der Waals surface area contributed by atoms with Crippen LogP contribution in [0.1, 0.15) is 20.7 Å². The third-order valence-electron chi connectivity index (χ3n) is 3.45. The number of hydrogen-bond acceptors (Lipinski definition) is 2. The van der Waals surface area contributed by atoms with Crippen LogP contribution < -0.4 is 5.73 Å². The van der Waals surface area contributed by atoms with Gasteiger partial charge in [-0.3, -0.25) is 9.59 Å². The molecule has 0 saturated carbocycles. The van der Waals surface area contributed by atoms with Gasteiger partial charge in [0, 0.05) is 22.7 Å². The number of hydrogen-bond donors (Lipinski definition) is 2. The highest BCUT2D eigenvalue weighted by Crippen LogP contribution is 2.30. The zero-order valence-electron chi connectivity index (χ0n) is 11.2. The Balaban J connectivity index is 2.25. The van der Waals surface area contributed by atoms with E-state index < -0.39 is 17.5 Å². The Bertz CT molecular complexity index is 916. The number of halogens is 2. The van der Waals surface area contributed by atoms with Gasteiger partial charge in [0.25, 0.3) is 5.91 Å². The Morgan fingerprint density at radius 1 is 1.14 bits per heavy atom. The first-order chi connectivity index (χ1) is 10.5. The van der Waals surface area contributed by atoms with Gasteiger partial charge in [0.15, 0.2) is 0 Å². The van der Waals surface area contributed by atoms with E-state index in [1.165, 1.54) is 24.4 Å². The van der Waals surface area contributed by atoms with Gasteiger partial charge in [0.2, 0.25) is 0 Å². The molecule has 1 heterocycles. The standard InChI is InChI=1S/C16H10F2N2O2/c17-13-3-8(7-21)1-2-10(13)9-4-11-12(16(19)22)6-20-15(11)14(18)5-9/h1-7,20H,(H2,19,22). The maximum Gasteiger partial charge on any atom is 0.250 e. The Morgan fingerprint density at radius 3 is 2.55 bits per heavy atom. The number of H-pyrrole nitrogens is 1. The number of aromatic amines is 1. The van der Waals surface area contributed by atoms with Crippen molar-refractivity contribution < 1.29 is 18.4 Å². The topological polar surface area (TPSA) is 76.0 Å². The molecule has 1 aromatic heterocycles. The molecule has 3 N–H and O–H groups in total. The molecule has 0 aliphatic rings. The van der Waals surface area contributed by atoms with E-state index in [0.29, 0.717) is 6.29 Å². The van der Waals surface area contributed by atoms with Crippen molar-refractivity contribution in [1.82, 2.24) is 4.98 Å². The molecule has 0 unspecified atom stereocenters. The van der Waals surface area contributed by atoms with Crippen LogP contribution in [0.5, 0.6) is 0 Å². The molecule has 22 heavy (non-hydrogen) atoms. The monoisotopic (exact) mass is 300 g/mol. The molecule has 0 aliphatic heterocycles. The summed E-state index contributed by atoms with van der Waals surface area (Å²) in [5.41, 5.74) is 6.05. The lowest BCUT2D eigenvalue weighted by molar-refractivity contribution is 0.100. The fraction of sp³-hybridized carbons (Fsp3) is 0. The normalized spacial score (nSPS) is 10.8. The molecule has 0 aliphatic carbocycles. The van der Waals surface area contributed by atoms with Crippen molar-refractivity contribution in [3.63, 3.8) is 0 Å². The molecule has 110 valence electrons. The predicted molar refractivity (Wildman–Crippen MR) is 77.6 cm³/mol. The van der Waals surface area contributed by atoms with E-state index in [4.69, 9.17) is 5.73 Å². The summed E-state index contributed by atoms with van der Waals surface area (Å²) in [7, 11) is 0. The Labute approximate surface area is 123 Å². The quantitative estimate of drug-likeness (QED) is 0.729. The van der Waals surface area contributed by atoms with Crippen molar-refractivity contribution in [2.24, 2.45) is 5.73 Å². The molecule has 0 fully saturated rings. The van der Waals surface area contributed by atoms with Crippen LogP contribution in [0.4, 0.5) is 8.78 Å². The Kier molecular flexibility index (Phi) is 3.21. The summed E-state index contributed by atoms with van der Waals surface area (Å²) < 4.78 is 28.2. The second-order valence-electron chi connectivity index (χ2n) is 4.80. The zero-order valence-corrected chi connectivity index (χ0v) is 11.2. The molecular formula is C16H10F2N2O2. The lowest BCUT2D eigenvalue weighted by atomic mass is 10.0. The van der Waals surface area contributed by atoms with Crippen molar-refractivity contribution in [2.75, 3.05) is 0 Å². The molecule has 4 nitrogen and oxygen atoms in total. The van der Waals surface area contributed by atoms with Crippen molar-refractivity contribution in [2.45, 2.75) is 0 Å². The fourth-order valence-electron chi connectivity index (χ4n) is 2.39. The van der Waals surface area contributed by atoms with E-state index in [-0.39, 0.29) is 33.2 Å². The van der Waals surface area contributed by atoms with Crippen LogP contribution in [0.25, 0.3) is 22.0 Å². The van der Waals surface area contributed by atoms with Crippen molar-refractivity contribution in [1.29, 1.82) is 0 Å². The number of nitrogens with one attached hydrogen (secondary N) is 1. The summed E-state index contributed by atoms with van der Waals surface area (Å²) >= 11 is 0. The van der Waals surface area contributed by atoms with Crippen molar-refractivity contribution in [3.05, 3.63) is 59.3 Å².